The van der Waals surface area contributed by atoms with Gasteiger partial charge in [-0.15, -0.1) is 0 Å². The van der Waals surface area contributed by atoms with E-state index < -0.39 is 5.82 Å². The van der Waals surface area contributed by atoms with Crippen LogP contribution in [0.1, 0.15) is 32.1 Å². The van der Waals surface area contributed by atoms with Crippen LogP contribution in [-0.2, 0) is 9.59 Å². The Kier molecular flexibility index (Phi) is 6.48. The molecule has 3 rings (SSSR count). The van der Waals surface area contributed by atoms with E-state index in [0.717, 1.165) is 51.9 Å². The summed E-state index contributed by atoms with van der Waals surface area (Å²) in [5.74, 6) is 0.283. The Morgan fingerprint density at radius 2 is 2.04 bits per heavy atom. The van der Waals surface area contributed by atoms with Gasteiger partial charge >= 0.3 is 0 Å². The number of halogens is 2. The van der Waals surface area contributed by atoms with Gasteiger partial charge in [0.1, 0.15) is 5.82 Å². The molecular weight excluding hydrogens is 357 g/mol. The molecule has 0 saturated carbocycles. The molecule has 2 aliphatic rings. The highest BCUT2D eigenvalue weighted by atomic mass is 35.5. The first-order chi connectivity index (χ1) is 12.5. The van der Waals surface area contributed by atoms with E-state index >= 15 is 0 Å². The molecule has 2 amide bonds. The van der Waals surface area contributed by atoms with Gasteiger partial charge in [-0.2, -0.15) is 0 Å². The Morgan fingerprint density at radius 1 is 1.27 bits per heavy atom. The zero-order chi connectivity index (χ0) is 18.5. The van der Waals surface area contributed by atoms with Crippen molar-refractivity contribution in [2.75, 3.05) is 31.5 Å². The molecule has 7 heteroatoms. The molecule has 0 aromatic heterocycles. The zero-order valence-corrected chi connectivity index (χ0v) is 15.5. The highest BCUT2D eigenvalue weighted by Gasteiger charge is 2.29. The Bertz CT molecular complexity index is 656. The summed E-state index contributed by atoms with van der Waals surface area (Å²) in [6.07, 6.45) is 4.04. The molecule has 1 aromatic carbocycles. The van der Waals surface area contributed by atoms with Crippen LogP contribution in [0.5, 0.6) is 0 Å². The molecule has 2 heterocycles. The second kappa shape index (κ2) is 8.82. The molecular formula is C19H25ClFN3O2. The minimum atomic E-state index is -0.501. The fraction of sp³-hybridized carbons (Fsp3) is 0.579. The van der Waals surface area contributed by atoms with Gasteiger partial charge in [0, 0.05) is 31.7 Å². The summed E-state index contributed by atoms with van der Waals surface area (Å²) < 4.78 is 13.1. The van der Waals surface area contributed by atoms with Crippen molar-refractivity contribution in [3.63, 3.8) is 0 Å². The molecule has 5 nitrogen and oxygen atoms in total. The molecule has 1 aromatic rings. The average Bonchev–Trinajstić information content (AvgIpc) is 3.18. The number of piperidine rings is 1. The van der Waals surface area contributed by atoms with Crippen molar-refractivity contribution in [3.05, 3.63) is 29.0 Å². The van der Waals surface area contributed by atoms with Crippen LogP contribution < -0.4 is 10.6 Å². The third-order valence-electron chi connectivity index (χ3n) is 5.32. The number of benzene rings is 1. The third kappa shape index (κ3) is 4.95. The third-order valence-corrected chi connectivity index (χ3v) is 5.61. The van der Waals surface area contributed by atoms with Crippen LogP contribution in [0, 0.1) is 17.7 Å². The highest BCUT2D eigenvalue weighted by molar-refractivity contribution is 6.31. The predicted molar refractivity (Wildman–Crippen MR) is 99.6 cm³/mol. The summed E-state index contributed by atoms with van der Waals surface area (Å²) in [7, 11) is 0. The normalized spacial score (nSPS) is 21.0. The Morgan fingerprint density at radius 3 is 2.69 bits per heavy atom. The van der Waals surface area contributed by atoms with E-state index in [2.05, 4.69) is 10.6 Å². The molecule has 0 spiro atoms. The van der Waals surface area contributed by atoms with Crippen LogP contribution in [0.2, 0.25) is 5.02 Å². The fourth-order valence-electron chi connectivity index (χ4n) is 3.70. The summed E-state index contributed by atoms with van der Waals surface area (Å²) in [6.45, 7) is 3.30. The van der Waals surface area contributed by atoms with Crippen molar-refractivity contribution in [1.82, 2.24) is 10.2 Å². The van der Waals surface area contributed by atoms with Crippen molar-refractivity contribution >= 4 is 29.1 Å². The summed E-state index contributed by atoms with van der Waals surface area (Å²) >= 11 is 5.72. The molecule has 142 valence electrons. The van der Waals surface area contributed by atoms with Gasteiger partial charge in [0.2, 0.25) is 11.8 Å². The Hall–Kier alpha value is -1.66. The van der Waals surface area contributed by atoms with Gasteiger partial charge in [0.05, 0.1) is 10.9 Å². The van der Waals surface area contributed by atoms with Gasteiger partial charge in [-0.3, -0.25) is 9.59 Å². The van der Waals surface area contributed by atoms with Gasteiger partial charge in [-0.25, -0.2) is 4.39 Å². The van der Waals surface area contributed by atoms with Gasteiger partial charge < -0.3 is 15.5 Å². The smallest absolute Gasteiger partial charge is 0.227 e. The number of hydrogen-bond donors (Lipinski definition) is 2. The van der Waals surface area contributed by atoms with Crippen LogP contribution in [0.4, 0.5) is 10.1 Å². The predicted octanol–water partition coefficient (Wildman–Crippen LogP) is 3.05. The summed E-state index contributed by atoms with van der Waals surface area (Å²) in [5, 5.41) is 5.99. The zero-order valence-electron chi connectivity index (χ0n) is 14.8. The first-order valence-corrected chi connectivity index (χ1v) is 9.65. The van der Waals surface area contributed by atoms with Crippen molar-refractivity contribution in [3.8, 4) is 0 Å². The monoisotopic (exact) mass is 381 g/mol. The number of likely N-dealkylation sites (tertiary alicyclic amines) is 1. The van der Waals surface area contributed by atoms with Crippen LogP contribution >= 0.6 is 11.6 Å². The van der Waals surface area contributed by atoms with Crippen molar-refractivity contribution in [1.29, 1.82) is 0 Å². The molecule has 2 aliphatic heterocycles. The van der Waals surface area contributed by atoms with Crippen LogP contribution in [0.15, 0.2) is 18.2 Å². The maximum Gasteiger partial charge on any atom is 0.227 e. The summed E-state index contributed by atoms with van der Waals surface area (Å²) in [6, 6.07) is 4.16. The fourth-order valence-corrected chi connectivity index (χ4v) is 3.88. The number of anilines is 1. The molecule has 2 N–H and O–H groups in total. The lowest BCUT2D eigenvalue weighted by atomic mass is 9.91. The number of carbonyl (C=O) groups is 2. The molecule has 26 heavy (non-hydrogen) atoms. The lowest BCUT2D eigenvalue weighted by Crippen LogP contribution is -2.42. The molecule has 0 aliphatic carbocycles. The Balaban J connectivity index is 1.38. The summed E-state index contributed by atoms with van der Waals surface area (Å²) in [5.41, 5.74) is 0.506. The molecule has 1 atom stereocenters. The topological polar surface area (TPSA) is 61.4 Å². The van der Waals surface area contributed by atoms with Gasteiger partial charge in [-0.1, -0.05) is 11.6 Å². The molecule has 2 fully saturated rings. The van der Waals surface area contributed by atoms with Crippen LogP contribution in [0.3, 0.4) is 0 Å². The van der Waals surface area contributed by atoms with Gasteiger partial charge in [0.25, 0.3) is 0 Å². The number of nitrogens with zero attached hydrogens (tertiary/aromatic N) is 1. The minimum Gasteiger partial charge on any atom is -0.342 e. The molecule has 2 saturated heterocycles. The number of amides is 2. The van der Waals surface area contributed by atoms with E-state index in [1.807, 2.05) is 4.90 Å². The highest BCUT2D eigenvalue weighted by Crippen LogP contribution is 2.25. The van der Waals surface area contributed by atoms with Crippen LogP contribution in [-0.4, -0.2) is 42.9 Å². The maximum atomic E-state index is 13.1. The number of nitrogens with one attached hydrogen (secondary N) is 2. The van der Waals surface area contributed by atoms with E-state index in [9.17, 15) is 14.0 Å². The first kappa shape index (κ1) is 19.1. The lowest BCUT2D eigenvalue weighted by Gasteiger charge is -2.33. The molecule has 0 radical (unpaired) electrons. The number of hydrogen-bond acceptors (Lipinski definition) is 3. The second-order valence-corrected chi connectivity index (χ2v) is 7.58. The van der Waals surface area contributed by atoms with Crippen molar-refractivity contribution in [2.24, 2.45) is 11.8 Å². The molecule has 0 unspecified atom stereocenters. The summed E-state index contributed by atoms with van der Waals surface area (Å²) in [4.78, 5) is 26.5. The largest absolute Gasteiger partial charge is 0.342 e. The van der Waals surface area contributed by atoms with E-state index in [-0.39, 0.29) is 22.8 Å². The SMILES string of the molecule is O=C(CCC1CCN(C(=O)[C@H]2CCNC2)CC1)Nc1ccc(F)c(Cl)c1. The van der Waals surface area contributed by atoms with E-state index in [1.54, 1.807) is 0 Å². The number of rotatable bonds is 5. The number of carbonyl (C=O) groups excluding carboxylic acids is 2. The van der Waals surface area contributed by atoms with Crippen molar-refractivity contribution in [2.45, 2.75) is 32.1 Å². The molecule has 0 bridgehead atoms. The Labute approximate surface area is 158 Å². The quantitative estimate of drug-likeness (QED) is 0.824. The average molecular weight is 382 g/mol. The van der Waals surface area contributed by atoms with E-state index in [1.165, 1.54) is 18.2 Å². The van der Waals surface area contributed by atoms with Crippen molar-refractivity contribution < 1.29 is 14.0 Å². The van der Waals surface area contributed by atoms with E-state index in [4.69, 9.17) is 11.6 Å². The minimum absolute atomic E-state index is 0.00250. The lowest BCUT2D eigenvalue weighted by molar-refractivity contribution is -0.136. The standard InChI is InChI=1S/C19H25ClFN3O2/c20-16-11-15(2-3-17(16)21)23-18(25)4-1-13-6-9-24(10-7-13)19(26)14-5-8-22-12-14/h2-3,11,13-14,22H,1,4-10,12H2,(H,23,25)/t14-/m0/s1. The van der Waals surface area contributed by atoms with Gasteiger partial charge in [-0.05, 0) is 56.3 Å². The second-order valence-electron chi connectivity index (χ2n) is 7.17. The first-order valence-electron chi connectivity index (χ1n) is 9.27. The van der Waals surface area contributed by atoms with E-state index in [0.29, 0.717) is 18.0 Å². The van der Waals surface area contributed by atoms with Gasteiger partial charge in [0.15, 0.2) is 0 Å². The maximum absolute atomic E-state index is 13.1. The van der Waals surface area contributed by atoms with Crippen LogP contribution in [0.25, 0.3) is 0 Å².